The average Bonchev–Trinajstić information content (AvgIpc) is 3.18. The minimum atomic E-state index is -1.05. The van der Waals surface area contributed by atoms with Crippen LogP contribution in [0.2, 0.25) is 0 Å². The second kappa shape index (κ2) is 5.60. The molecule has 0 radical (unpaired) electrons. The Kier molecular flexibility index (Phi) is 3.53. The van der Waals surface area contributed by atoms with Crippen LogP contribution in [-0.4, -0.2) is 36.1 Å². The van der Waals surface area contributed by atoms with E-state index < -0.39 is 5.54 Å². The first-order valence-electron chi connectivity index (χ1n) is 8.33. The van der Waals surface area contributed by atoms with Gasteiger partial charge in [0.15, 0.2) is 0 Å². The second-order valence-corrected chi connectivity index (χ2v) is 6.63. The molecule has 2 aromatic carbocycles. The number of carbonyl (C=O) groups excluding carboxylic acids is 2. The monoisotopic (exact) mass is 324 g/mol. The molecule has 124 valence electrons. The summed E-state index contributed by atoms with van der Waals surface area (Å²) in [5, 5.41) is 4.93. The molecule has 1 N–H and O–H groups in total. The molecule has 2 aromatic rings. The van der Waals surface area contributed by atoms with E-state index in [1.807, 2.05) is 42.5 Å². The normalized spacial score (nSPS) is 27.0. The Hall–Kier alpha value is -2.40. The van der Waals surface area contributed by atoms with E-state index in [1.54, 1.807) is 6.92 Å². The van der Waals surface area contributed by atoms with Gasteiger partial charge in [-0.05, 0) is 36.1 Å². The van der Waals surface area contributed by atoms with Crippen LogP contribution in [-0.2, 0) is 15.1 Å². The molecule has 0 unspecified atom stereocenters. The van der Waals surface area contributed by atoms with Crippen LogP contribution in [0.25, 0.3) is 10.8 Å². The molecule has 2 fully saturated rings. The summed E-state index contributed by atoms with van der Waals surface area (Å²) in [6, 6.07) is 13.4. The zero-order valence-electron chi connectivity index (χ0n) is 13.6. The molecular weight excluding hydrogens is 304 g/mol. The van der Waals surface area contributed by atoms with Gasteiger partial charge in [-0.2, -0.15) is 0 Å². The third kappa shape index (κ3) is 2.27. The summed E-state index contributed by atoms with van der Waals surface area (Å²) < 4.78 is 5.58. The fourth-order valence-corrected chi connectivity index (χ4v) is 3.70. The molecule has 2 aliphatic heterocycles. The number of hydrogen-bond donors (Lipinski definition) is 1. The molecule has 0 spiro atoms. The average molecular weight is 324 g/mol. The Morgan fingerprint density at radius 3 is 2.79 bits per heavy atom. The molecule has 5 heteroatoms. The van der Waals surface area contributed by atoms with Crippen molar-refractivity contribution in [2.24, 2.45) is 0 Å². The molecule has 0 aromatic heterocycles. The molecule has 0 bridgehead atoms. The predicted molar refractivity (Wildman–Crippen MR) is 90.5 cm³/mol. The van der Waals surface area contributed by atoms with Gasteiger partial charge in [0.05, 0.1) is 12.6 Å². The Morgan fingerprint density at radius 2 is 2.00 bits per heavy atom. The lowest BCUT2D eigenvalue weighted by Crippen LogP contribution is -2.42. The van der Waals surface area contributed by atoms with Gasteiger partial charge in [0.2, 0.25) is 0 Å². The van der Waals surface area contributed by atoms with Crippen molar-refractivity contribution in [3.05, 3.63) is 48.0 Å². The van der Waals surface area contributed by atoms with Crippen LogP contribution in [0.15, 0.2) is 42.5 Å². The van der Waals surface area contributed by atoms with Gasteiger partial charge in [-0.15, -0.1) is 0 Å². The highest BCUT2D eigenvalue weighted by atomic mass is 16.5. The van der Waals surface area contributed by atoms with Crippen molar-refractivity contribution in [1.82, 2.24) is 10.2 Å². The highest BCUT2D eigenvalue weighted by Crippen LogP contribution is 2.34. The van der Waals surface area contributed by atoms with Crippen LogP contribution in [0.1, 0.15) is 25.3 Å². The van der Waals surface area contributed by atoms with Gasteiger partial charge in [0.1, 0.15) is 5.54 Å². The standard InChI is InChI=1S/C19H20N2O3/c1-19(16-10-4-7-13-6-2-3-9-15(13)16)17(22)21(18(23)20-19)12-14-8-5-11-24-14/h2-4,6-7,9-10,14H,5,8,11-12H2,1H3,(H,20,23)/t14-,19-/m0/s1. The van der Waals surface area contributed by atoms with Gasteiger partial charge < -0.3 is 10.1 Å². The Balaban J connectivity index is 1.71. The number of rotatable bonds is 3. The van der Waals surface area contributed by atoms with E-state index in [-0.39, 0.29) is 18.0 Å². The Labute approximate surface area is 140 Å². The number of carbonyl (C=O) groups is 2. The van der Waals surface area contributed by atoms with Gasteiger partial charge in [0.25, 0.3) is 5.91 Å². The zero-order valence-corrected chi connectivity index (χ0v) is 13.6. The van der Waals surface area contributed by atoms with Crippen LogP contribution >= 0.6 is 0 Å². The van der Waals surface area contributed by atoms with Crippen LogP contribution < -0.4 is 5.32 Å². The number of urea groups is 1. The maximum absolute atomic E-state index is 13.1. The van der Waals surface area contributed by atoms with Gasteiger partial charge in [-0.25, -0.2) is 4.79 Å². The first-order chi connectivity index (χ1) is 11.6. The number of nitrogens with zero attached hydrogens (tertiary/aromatic N) is 1. The summed E-state index contributed by atoms with van der Waals surface area (Å²) in [6.07, 6.45) is 1.83. The summed E-state index contributed by atoms with van der Waals surface area (Å²) in [5.74, 6) is -0.209. The van der Waals surface area contributed by atoms with Crippen LogP contribution in [0.5, 0.6) is 0 Å². The molecule has 0 aliphatic carbocycles. The topological polar surface area (TPSA) is 58.6 Å². The first-order valence-corrected chi connectivity index (χ1v) is 8.33. The van der Waals surface area contributed by atoms with Crippen LogP contribution in [0, 0.1) is 0 Å². The number of fused-ring (bicyclic) bond motifs is 1. The third-order valence-electron chi connectivity index (χ3n) is 5.01. The minimum Gasteiger partial charge on any atom is -0.376 e. The lowest BCUT2D eigenvalue weighted by molar-refractivity contribution is -0.132. The molecule has 24 heavy (non-hydrogen) atoms. The molecule has 2 aliphatic rings. The molecule has 5 nitrogen and oxygen atoms in total. The zero-order chi connectivity index (χ0) is 16.7. The van der Waals surface area contributed by atoms with Gasteiger partial charge >= 0.3 is 6.03 Å². The Morgan fingerprint density at radius 1 is 1.21 bits per heavy atom. The van der Waals surface area contributed by atoms with Crippen LogP contribution in [0.4, 0.5) is 4.79 Å². The number of amides is 3. The lowest BCUT2D eigenvalue weighted by Gasteiger charge is -2.24. The molecule has 2 saturated heterocycles. The van der Waals surface area contributed by atoms with Crippen molar-refractivity contribution < 1.29 is 14.3 Å². The van der Waals surface area contributed by atoms with Gasteiger partial charge in [-0.1, -0.05) is 42.5 Å². The van der Waals surface area contributed by atoms with Crippen molar-refractivity contribution in [3.8, 4) is 0 Å². The summed E-state index contributed by atoms with van der Waals surface area (Å²) in [5.41, 5.74) is -0.218. The van der Waals surface area contributed by atoms with E-state index in [0.29, 0.717) is 13.2 Å². The molecule has 2 atom stereocenters. The maximum atomic E-state index is 13.1. The smallest absolute Gasteiger partial charge is 0.325 e. The summed E-state index contributed by atoms with van der Waals surface area (Å²) in [7, 11) is 0. The van der Waals surface area contributed by atoms with Crippen molar-refractivity contribution in [2.45, 2.75) is 31.4 Å². The molecule has 2 heterocycles. The largest absolute Gasteiger partial charge is 0.376 e. The van der Waals surface area contributed by atoms with E-state index in [2.05, 4.69) is 5.32 Å². The van der Waals surface area contributed by atoms with Crippen molar-refractivity contribution >= 4 is 22.7 Å². The summed E-state index contributed by atoms with van der Waals surface area (Å²) in [6.45, 7) is 2.81. The highest BCUT2D eigenvalue weighted by Gasteiger charge is 2.50. The lowest BCUT2D eigenvalue weighted by atomic mass is 9.88. The SMILES string of the molecule is C[C@@]1(c2cccc3ccccc23)NC(=O)N(C[C@@H]2CCCO2)C1=O. The van der Waals surface area contributed by atoms with Crippen LogP contribution in [0.3, 0.4) is 0 Å². The minimum absolute atomic E-state index is 0.0467. The number of ether oxygens (including phenoxy) is 1. The van der Waals surface area contributed by atoms with E-state index in [0.717, 1.165) is 29.2 Å². The number of nitrogens with one attached hydrogen (secondary N) is 1. The summed E-state index contributed by atoms with van der Waals surface area (Å²) >= 11 is 0. The van der Waals surface area contributed by atoms with Crippen molar-refractivity contribution in [1.29, 1.82) is 0 Å². The van der Waals surface area contributed by atoms with E-state index >= 15 is 0 Å². The van der Waals surface area contributed by atoms with E-state index in [9.17, 15) is 9.59 Å². The second-order valence-electron chi connectivity index (χ2n) is 6.63. The number of imide groups is 1. The number of hydrogen-bond acceptors (Lipinski definition) is 3. The first kappa shape index (κ1) is 15.1. The fraction of sp³-hybridized carbons (Fsp3) is 0.368. The van der Waals surface area contributed by atoms with Crippen molar-refractivity contribution in [3.63, 3.8) is 0 Å². The third-order valence-corrected chi connectivity index (χ3v) is 5.01. The van der Waals surface area contributed by atoms with E-state index in [1.165, 1.54) is 4.90 Å². The molecule has 3 amide bonds. The quantitative estimate of drug-likeness (QED) is 0.883. The van der Waals surface area contributed by atoms with Gasteiger partial charge in [0, 0.05) is 6.61 Å². The molecule has 4 rings (SSSR count). The fourth-order valence-electron chi connectivity index (χ4n) is 3.70. The molecular formula is C19H20N2O3. The van der Waals surface area contributed by atoms with Crippen molar-refractivity contribution in [2.75, 3.05) is 13.2 Å². The predicted octanol–water partition coefficient (Wildman–Crippen LogP) is 2.79. The highest BCUT2D eigenvalue weighted by molar-refractivity contribution is 6.09. The maximum Gasteiger partial charge on any atom is 0.325 e. The number of benzene rings is 2. The van der Waals surface area contributed by atoms with E-state index in [4.69, 9.17) is 4.74 Å². The summed E-state index contributed by atoms with van der Waals surface area (Å²) in [4.78, 5) is 26.8. The van der Waals surface area contributed by atoms with Gasteiger partial charge in [-0.3, -0.25) is 9.69 Å². The molecule has 0 saturated carbocycles. The Bertz CT molecular complexity index is 808.